The number of methoxy groups -OCH3 is 1. The molecular weight excluding hydrogens is 318 g/mol. The van der Waals surface area contributed by atoms with Gasteiger partial charge in [-0.2, -0.15) is 0 Å². The van der Waals surface area contributed by atoms with Gasteiger partial charge in [-0.05, 0) is 49.3 Å². The molecule has 2 aromatic heterocycles. The van der Waals surface area contributed by atoms with E-state index in [1.807, 2.05) is 18.2 Å². The second-order valence-corrected chi connectivity index (χ2v) is 6.27. The van der Waals surface area contributed by atoms with E-state index in [4.69, 9.17) is 17.0 Å². The molecule has 0 amide bonds. The highest BCUT2D eigenvalue weighted by molar-refractivity contribution is 7.71. The summed E-state index contributed by atoms with van der Waals surface area (Å²) in [6.07, 6.45) is 1.79. The maximum absolute atomic E-state index is 5.64. The second-order valence-electron chi connectivity index (χ2n) is 5.88. The summed E-state index contributed by atoms with van der Waals surface area (Å²) in [6.45, 7) is 4.19. The molecular formula is C19H17N3OS. The fourth-order valence-electron chi connectivity index (χ4n) is 3.32. The van der Waals surface area contributed by atoms with E-state index in [9.17, 15) is 0 Å². The molecule has 0 saturated carbocycles. The molecule has 1 N–H and O–H groups in total. The van der Waals surface area contributed by atoms with Gasteiger partial charge in [-0.15, -0.1) is 0 Å². The van der Waals surface area contributed by atoms with Crippen LogP contribution >= 0.6 is 12.2 Å². The number of hydrogen-bond donors (Lipinski definition) is 1. The highest BCUT2D eigenvalue weighted by atomic mass is 32.1. The molecule has 0 spiro atoms. The first-order valence-electron chi connectivity index (χ1n) is 7.75. The number of aromatic nitrogens is 3. The number of pyridine rings is 1. The summed E-state index contributed by atoms with van der Waals surface area (Å²) in [7, 11) is 1.68. The van der Waals surface area contributed by atoms with Gasteiger partial charge >= 0.3 is 0 Å². The van der Waals surface area contributed by atoms with E-state index in [0.29, 0.717) is 4.77 Å². The van der Waals surface area contributed by atoms with Gasteiger partial charge in [-0.3, -0.25) is 9.55 Å². The molecule has 0 aliphatic rings. The molecule has 2 heterocycles. The van der Waals surface area contributed by atoms with Crippen molar-refractivity contribution in [2.24, 2.45) is 0 Å². The fraction of sp³-hybridized carbons (Fsp3) is 0.158. The first-order chi connectivity index (χ1) is 11.6. The van der Waals surface area contributed by atoms with E-state index in [0.717, 1.165) is 33.4 Å². The van der Waals surface area contributed by atoms with Gasteiger partial charge in [0.15, 0.2) is 4.77 Å². The van der Waals surface area contributed by atoms with Gasteiger partial charge < -0.3 is 9.72 Å². The Morgan fingerprint density at radius 3 is 2.58 bits per heavy atom. The van der Waals surface area contributed by atoms with Gasteiger partial charge in [-0.1, -0.05) is 18.2 Å². The van der Waals surface area contributed by atoms with E-state index in [2.05, 4.69) is 46.6 Å². The highest BCUT2D eigenvalue weighted by Gasteiger charge is 2.16. The number of ether oxygens (including phenoxy) is 1. The Balaban J connectivity index is 2.21. The molecule has 5 heteroatoms. The van der Waals surface area contributed by atoms with Crippen LogP contribution in [0.5, 0.6) is 5.75 Å². The van der Waals surface area contributed by atoms with Gasteiger partial charge in [0, 0.05) is 17.6 Å². The number of H-pyrrole nitrogens is 1. The summed E-state index contributed by atoms with van der Waals surface area (Å²) in [4.78, 5) is 7.87. The van der Waals surface area contributed by atoms with Crippen LogP contribution in [0.3, 0.4) is 0 Å². The predicted molar refractivity (Wildman–Crippen MR) is 99.8 cm³/mol. The average Bonchev–Trinajstić information content (AvgIpc) is 2.90. The van der Waals surface area contributed by atoms with Crippen molar-refractivity contribution in [3.8, 4) is 11.4 Å². The summed E-state index contributed by atoms with van der Waals surface area (Å²) in [5.41, 5.74) is 6.22. The van der Waals surface area contributed by atoms with Crippen LogP contribution in [0.15, 0.2) is 42.6 Å². The lowest BCUT2D eigenvalue weighted by atomic mass is 10.1. The molecule has 0 bridgehead atoms. The summed E-state index contributed by atoms with van der Waals surface area (Å²) in [6, 6.07) is 12.2. The molecule has 2 aromatic carbocycles. The van der Waals surface area contributed by atoms with Crippen LogP contribution in [0, 0.1) is 18.6 Å². The Hall–Kier alpha value is -2.66. The number of imidazole rings is 1. The average molecular weight is 335 g/mol. The van der Waals surface area contributed by atoms with Crippen LogP contribution < -0.4 is 4.74 Å². The summed E-state index contributed by atoms with van der Waals surface area (Å²) < 4.78 is 8.33. The first-order valence-corrected chi connectivity index (χ1v) is 8.15. The van der Waals surface area contributed by atoms with Gasteiger partial charge in [-0.25, -0.2) is 0 Å². The van der Waals surface area contributed by atoms with Crippen LogP contribution in [0.1, 0.15) is 11.1 Å². The molecule has 0 aliphatic heterocycles. The van der Waals surface area contributed by atoms with Crippen LogP contribution in [0.25, 0.3) is 27.6 Å². The highest BCUT2D eigenvalue weighted by Crippen LogP contribution is 2.34. The summed E-state index contributed by atoms with van der Waals surface area (Å²) >= 11 is 5.64. The zero-order chi connectivity index (χ0) is 16.8. The van der Waals surface area contributed by atoms with Crippen LogP contribution in [-0.4, -0.2) is 21.6 Å². The fourth-order valence-corrected chi connectivity index (χ4v) is 3.61. The van der Waals surface area contributed by atoms with Crippen molar-refractivity contribution in [1.82, 2.24) is 14.5 Å². The predicted octanol–water partition coefficient (Wildman–Crippen LogP) is 4.86. The summed E-state index contributed by atoms with van der Waals surface area (Å²) in [5.74, 6) is 0.791. The zero-order valence-corrected chi connectivity index (χ0v) is 14.6. The van der Waals surface area contributed by atoms with Crippen LogP contribution in [-0.2, 0) is 0 Å². The van der Waals surface area contributed by atoms with Crippen molar-refractivity contribution in [3.05, 3.63) is 58.5 Å². The van der Waals surface area contributed by atoms with Crippen molar-refractivity contribution in [2.75, 3.05) is 7.11 Å². The third kappa shape index (κ3) is 2.05. The lowest BCUT2D eigenvalue weighted by Gasteiger charge is -2.13. The number of hydrogen-bond acceptors (Lipinski definition) is 3. The molecule has 4 rings (SSSR count). The number of aryl methyl sites for hydroxylation is 2. The number of para-hydroxylation sites is 1. The largest absolute Gasteiger partial charge is 0.496 e. The summed E-state index contributed by atoms with van der Waals surface area (Å²) in [5, 5.41) is 0.970. The molecule has 0 saturated heterocycles. The maximum atomic E-state index is 5.64. The molecule has 0 aliphatic carbocycles. The number of nitrogens with zero attached hydrogens (tertiary/aromatic N) is 2. The lowest BCUT2D eigenvalue weighted by Crippen LogP contribution is -2.00. The lowest BCUT2D eigenvalue weighted by molar-refractivity contribution is 0.420. The Kier molecular flexibility index (Phi) is 3.39. The van der Waals surface area contributed by atoms with E-state index in [1.165, 1.54) is 11.1 Å². The molecule has 4 aromatic rings. The standard InChI is InChI=1S/C19H17N3OS/c1-11-6-4-7-12(2)18(11)22-14-10-15(23-3)13-8-5-9-20-16(13)17(14)21-19(22)24/h4-10H,1-3H3,(H,21,24). The minimum atomic E-state index is 0.655. The number of fused-ring (bicyclic) bond motifs is 3. The molecule has 0 unspecified atom stereocenters. The second kappa shape index (κ2) is 5.46. The van der Waals surface area contributed by atoms with Gasteiger partial charge in [0.05, 0.1) is 29.3 Å². The Morgan fingerprint density at radius 1 is 1.12 bits per heavy atom. The number of aromatic amines is 1. The zero-order valence-electron chi connectivity index (χ0n) is 13.8. The third-order valence-electron chi connectivity index (χ3n) is 4.39. The molecule has 0 fully saturated rings. The van der Waals surface area contributed by atoms with Gasteiger partial charge in [0.2, 0.25) is 0 Å². The normalized spacial score (nSPS) is 11.3. The van der Waals surface area contributed by atoms with Gasteiger partial charge in [0.25, 0.3) is 0 Å². The van der Waals surface area contributed by atoms with Crippen LogP contribution in [0.2, 0.25) is 0 Å². The number of benzene rings is 2. The smallest absolute Gasteiger partial charge is 0.182 e. The molecule has 0 atom stereocenters. The van der Waals surface area contributed by atoms with Gasteiger partial charge in [0.1, 0.15) is 5.75 Å². The molecule has 4 nitrogen and oxygen atoms in total. The number of rotatable bonds is 2. The van der Waals surface area contributed by atoms with Crippen molar-refractivity contribution in [2.45, 2.75) is 13.8 Å². The number of nitrogens with one attached hydrogen (secondary N) is 1. The molecule has 24 heavy (non-hydrogen) atoms. The molecule has 0 radical (unpaired) electrons. The van der Waals surface area contributed by atoms with Crippen molar-refractivity contribution in [3.63, 3.8) is 0 Å². The van der Waals surface area contributed by atoms with Crippen molar-refractivity contribution < 1.29 is 4.74 Å². The van der Waals surface area contributed by atoms with Crippen LogP contribution in [0.4, 0.5) is 0 Å². The van der Waals surface area contributed by atoms with E-state index < -0.39 is 0 Å². The SMILES string of the molecule is COc1cc2c([nH]c(=S)n2-c2c(C)cccc2C)c2ncccc12. The minimum Gasteiger partial charge on any atom is -0.496 e. The van der Waals surface area contributed by atoms with E-state index >= 15 is 0 Å². The Morgan fingerprint density at radius 2 is 1.88 bits per heavy atom. The first kappa shape index (κ1) is 14.9. The maximum Gasteiger partial charge on any atom is 0.182 e. The third-order valence-corrected chi connectivity index (χ3v) is 4.68. The molecule has 120 valence electrons. The van der Waals surface area contributed by atoms with Crippen molar-refractivity contribution in [1.29, 1.82) is 0 Å². The van der Waals surface area contributed by atoms with E-state index in [1.54, 1.807) is 13.3 Å². The topological polar surface area (TPSA) is 42.8 Å². The Bertz CT molecular complexity index is 1120. The van der Waals surface area contributed by atoms with Crippen molar-refractivity contribution >= 4 is 34.2 Å². The Labute approximate surface area is 144 Å². The minimum absolute atomic E-state index is 0.655. The van der Waals surface area contributed by atoms with E-state index in [-0.39, 0.29) is 0 Å². The quantitative estimate of drug-likeness (QED) is 0.532. The monoisotopic (exact) mass is 335 g/mol.